The van der Waals surface area contributed by atoms with Crippen LogP contribution in [0.5, 0.6) is 0 Å². The van der Waals surface area contributed by atoms with Crippen molar-refractivity contribution in [2.45, 2.75) is 43.4 Å². The molecule has 3 rings (SSSR count). The summed E-state index contributed by atoms with van der Waals surface area (Å²) in [4.78, 5) is 14.7. The fourth-order valence-corrected chi connectivity index (χ4v) is 4.98. The number of carbonyl (C=O) groups is 1. The van der Waals surface area contributed by atoms with Crippen LogP contribution in [-0.2, 0) is 21.2 Å². The maximum absolute atomic E-state index is 12.7. The lowest BCUT2D eigenvalue weighted by Gasteiger charge is -2.24. The molecule has 1 N–H and O–H groups in total. The molecule has 24 heavy (non-hydrogen) atoms. The Morgan fingerprint density at radius 1 is 1.25 bits per heavy atom. The first-order valence-corrected chi connectivity index (χ1v) is 10.2. The highest BCUT2D eigenvalue weighted by molar-refractivity contribution is 7.94. The van der Waals surface area contributed by atoms with Gasteiger partial charge in [0.25, 0.3) is 10.0 Å². The molecule has 0 bridgehead atoms. The van der Waals surface area contributed by atoms with Crippen LogP contribution in [0.25, 0.3) is 0 Å². The number of rotatable bonds is 6. The molecule has 1 amide bonds. The van der Waals surface area contributed by atoms with Crippen molar-refractivity contribution in [3.05, 3.63) is 41.3 Å². The molecule has 1 aliphatic carbocycles. The summed E-state index contributed by atoms with van der Waals surface area (Å²) in [5.74, 6) is -0.0754. The highest BCUT2D eigenvalue weighted by Gasteiger charge is 2.33. The summed E-state index contributed by atoms with van der Waals surface area (Å²) in [5.41, 5.74) is 1.05. The topological polar surface area (TPSA) is 66.5 Å². The Balaban J connectivity index is 1.94. The molecule has 0 unspecified atom stereocenters. The Morgan fingerprint density at radius 2 is 1.96 bits per heavy atom. The highest BCUT2D eigenvalue weighted by Crippen LogP contribution is 2.37. The lowest BCUT2D eigenvalue weighted by molar-refractivity contribution is -0.116. The molecule has 7 heteroatoms. The number of carbonyl (C=O) groups excluding carboxylic acids is 1. The van der Waals surface area contributed by atoms with Gasteiger partial charge in [-0.3, -0.25) is 9.52 Å². The predicted octanol–water partition coefficient (Wildman–Crippen LogP) is 3.63. The number of nitrogens with one attached hydrogen (secondary N) is 1. The van der Waals surface area contributed by atoms with Gasteiger partial charge in [-0.1, -0.05) is 19.1 Å². The molecule has 0 aliphatic heterocycles. The third-order valence-corrected chi connectivity index (χ3v) is 7.00. The minimum atomic E-state index is -3.66. The molecule has 1 aromatic heterocycles. The van der Waals surface area contributed by atoms with Gasteiger partial charge in [0, 0.05) is 17.8 Å². The van der Waals surface area contributed by atoms with Gasteiger partial charge in [0.05, 0.1) is 11.4 Å². The average Bonchev–Trinajstić information content (AvgIpc) is 3.23. The van der Waals surface area contributed by atoms with Crippen molar-refractivity contribution in [2.75, 3.05) is 9.62 Å². The van der Waals surface area contributed by atoms with E-state index in [4.69, 9.17) is 0 Å². The fourth-order valence-electron chi connectivity index (χ4n) is 2.61. The van der Waals surface area contributed by atoms with Crippen LogP contribution < -0.4 is 9.62 Å². The quantitative estimate of drug-likeness (QED) is 0.851. The Labute approximate surface area is 146 Å². The maximum Gasteiger partial charge on any atom is 0.271 e. The molecule has 1 heterocycles. The number of thiophene rings is 1. The zero-order valence-corrected chi connectivity index (χ0v) is 15.3. The Bertz CT molecular complexity index is 854. The van der Waals surface area contributed by atoms with Gasteiger partial charge in [-0.25, -0.2) is 8.42 Å². The van der Waals surface area contributed by atoms with E-state index in [0.29, 0.717) is 11.4 Å². The van der Waals surface area contributed by atoms with E-state index in [1.807, 2.05) is 19.1 Å². The summed E-state index contributed by atoms with van der Waals surface area (Å²) in [7, 11) is -3.66. The Morgan fingerprint density at radius 3 is 2.54 bits per heavy atom. The molecule has 0 spiro atoms. The van der Waals surface area contributed by atoms with E-state index < -0.39 is 10.0 Å². The first kappa shape index (κ1) is 17.0. The van der Waals surface area contributed by atoms with E-state index in [2.05, 4.69) is 4.72 Å². The molecule has 1 fully saturated rings. The van der Waals surface area contributed by atoms with Crippen molar-refractivity contribution in [1.29, 1.82) is 0 Å². The standard InChI is InChI=1S/C17H20N2O3S2/c1-3-14-10-11-17(23-14)24(21,22)18-15-6-4-5-7-16(15)19(12(2)20)13-8-9-13/h4-7,10-11,13,18H,3,8-9H2,1-2H3. The van der Waals surface area contributed by atoms with Crippen LogP contribution in [0, 0.1) is 0 Å². The van der Waals surface area contributed by atoms with Crippen LogP contribution in [0.1, 0.15) is 31.6 Å². The second kappa shape index (κ2) is 6.57. The molecule has 1 aromatic carbocycles. The monoisotopic (exact) mass is 364 g/mol. The highest BCUT2D eigenvalue weighted by atomic mass is 32.2. The van der Waals surface area contributed by atoms with Gasteiger partial charge in [-0.15, -0.1) is 11.3 Å². The zero-order chi connectivity index (χ0) is 17.3. The SMILES string of the molecule is CCc1ccc(S(=O)(=O)Nc2ccccc2N(C(C)=O)C2CC2)s1. The molecule has 0 saturated heterocycles. The number of benzene rings is 1. The van der Waals surface area contributed by atoms with Crippen molar-refractivity contribution in [3.63, 3.8) is 0 Å². The first-order chi connectivity index (χ1) is 11.4. The van der Waals surface area contributed by atoms with Crippen molar-refractivity contribution >= 4 is 38.6 Å². The van der Waals surface area contributed by atoms with Crippen molar-refractivity contribution in [3.8, 4) is 0 Å². The molecule has 5 nitrogen and oxygen atoms in total. The van der Waals surface area contributed by atoms with Crippen LogP contribution in [0.3, 0.4) is 0 Å². The van der Waals surface area contributed by atoms with E-state index in [9.17, 15) is 13.2 Å². The number of hydrogen-bond donors (Lipinski definition) is 1. The normalized spacial score (nSPS) is 14.4. The number of anilines is 2. The van der Waals surface area contributed by atoms with Crippen LogP contribution >= 0.6 is 11.3 Å². The number of aryl methyl sites for hydroxylation is 1. The van der Waals surface area contributed by atoms with Crippen LogP contribution in [-0.4, -0.2) is 20.4 Å². The van der Waals surface area contributed by atoms with Crippen molar-refractivity contribution in [2.24, 2.45) is 0 Å². The minimum Gasteiger partial charge on any atom is -0.308 e. The van der Waals surface area contributed by atoms with Gasteiger partial charge in [0.2, 0.25) is 5.91 Å². The lowest BCUT2D eigenvalue weighted by Crippen LogP contribution is -2.31. The van der Waals surface area contributed by atoms with Crippen LogP contribution in [0.2, 0.25) is 0 Å². The largest absolute Gasteiger partial charge is 0.308 e. The van der Waals surface area contributed by atoms with Crippen molar-refractivity contribution in [1.82, 2.24) is 0 Å². The number of hydrogen-bond acceptors (Lipinski definition) is 4. The second-order valence-corrected chi connectivity index (χ2v) is 8.89. The molecule has 128 valence electrons. The van der Waals surface area contributed by atoms with Crippen LogP contribution in [0.15, 0.2) is 40.6 Å². The first-order valence-electron chi connectivity index (χ1n) is 7.92. The Hall–Kier alpha value is -1.86. The van der Waals surface area contributed by atoms with Gasteiger partial charge in [-0.2, -0.15) is 0 Å². The number of amides is 1. The summed E-state index contributed by atoms with van der Waals surface area (Å²) in [5, 5.41) is 0. The molecule has 0 atom stereocenters. The zero-order valence-electron chi connectivity index (χ0n) is 13.7. The van der Waals surface area contributed by atoms with E-state index in [1.54, 1.807) is 29.2 Å². The summed E-state index contributed by atoms with van der Waals surface area (Å²) >= 11 is 1.27. The average molecular weight is 364 g/mol. The molecular formula is C17H20N2O3S2. The molecule has 2 aromatic rings. The van der Waals surface area contributed by atoms with E-state index >= 15 is 0 Å². The van der Waals surface area contributed by atoms with Gasteiger partial charge >= 0.3 is 0 Å². The molecular weight excluding hydrogens is 344 g/mol. The smallest absolute Gasteiger partial charge is 0.271 e. The second-order valence-electron chi connectivity index (χ2n) is 5.82. The van der Waals surface area contributed by atoms with Crippen LogP contribution in [0.4, 0.5) is 11.4 Å². The molecule has 0 radical (unpaired) electrons. The summed E-state index contributed by atoms with van der Waals surface area (Å²) in [6.45, 7) is 3.50. The third kappa shape index (κ3) is 3.47. The van der Waals surface area contributed by atoms with Gasteiger partial charge in [0.1, 0.15) is 4.21 Å². The molecule has 1 saturated carbocycles. The Kier molecular flexibility index (Phi) is 4.64. The molecule has 1 aliphatic rings. The number of sulfonamides is 1. The third-order valence-electron chi connectivity index (χ3n) is 3.91. The lowest BCUT2D eigenvalue weighted by atomic mass is 10.2. The number of nitrogens with zero attached hydrogens (tertiary/aromatic N) is 1. The van der Waals surface area contributed by atoms with Crippen molar-refractivity contribution < 1.29 is 13.2 Å². The van der Waals surface area contributed by atoms with Gasteiger partial charge in [-0.05, 0) is 43.5 Å². The summed E-state index contributed by atoms with van der Waals surface area (Å²) < 4.78 is 28.2. The van der Waals surface area contributed by atoms with Gasteiger partial charge < -0.3 is 4.90 Å². The summed E-state index contributed by atoms with van der Waals surface area (Å²) in [6, 6.07) is 10.7. The van der Waals surface area contributed by atoms with Gasteiger partial charge in [0.15, 0.2) is 0 Å². The maximum atomic E-state index is 12.7. The fraction of sp³-hybridized carbons (Fsp3) is 0.353. The van der Waals surface area contributed by atoms with E-state index in [-0.39, 0.29) is 16.2 Å². The minimum absolute atomic E-state index is 0.0754. The number of para-hydroxylation sites is 2. The van der Waals surface area contributed by atoms with E-state index in [1.165, 1.54) is 18.3 Å². The summed E-state index contributed by atoms with van der Waals surface area (Å²) in [6.07, 6.45) is 2.70. The van der Waals surface area contributed by atoms with E-state index in [0.717, 1.165) is 24.1 Å². The predicted molar refractivity (Wildman–Crippen MR) is 97.1 cm³/mol.